The van der Waals surface area contributed by atoms with E-state index in [0.717, 1.165) is 13.1 Å². The van der Waals surface area contributed by atoms with Crippen molar-refractivity contribution in [1.29, 1.82) is 0 Å². The molecule has 3 nitrogen and oxygen atoms in total. The normalized spacial score (nSPS) is 27.7. The van der Waals surface area contributed by atoms with E-state index in [1.54, 1.807) is 0 Å². The fourth-order valence-corrected chi connectivity index (χ4v) is 4.32. The summed E-state index contributed by atoms with van der Waals surface area (Å²) in [5.41, 5.74) is 0.613. The Balaban J connectivity index is 1.46. The molecule has 0 unspecified atom stereocenters. The molecule has 1 heterocycles. The minimum Gasteiger partial charge on any atom is -0.335 e. The minimum atomic E-state index is 0.208. The quantitative estimate of drug-likeness (QED) is 0.769. The Labute approximate surface area is 117 Å². The van der Waals surface area contributed by atoms with Gasteiger partial charge in [0, 0.05) is 19.1 Å². The van der Waals surface area contributed by atoms with Gasteiger partial charge in [0.1, 0.15) is 0 Å². The van der Waals surface area contributed by atoms with Gasteiger partial charge in [-0.1, -0.05) is 32.1 Å². The molecule has 0 aromatic rings. The third kappa shape index (κ3) is 3.06. The van der Waals surface area contributed by atoms with Crippen molar-refractivity contribution in [2.45, 2.75) is 76.7 Å². The average molecular weight is 264 g/mol. The first-order chi connectivity index (χ1) is 9.27. The van der Waals surface area contributed by atoms with Crippen LogP contribution in [-0.2, 0) is 0 Å². The molecule has 3 rings (SSSR count). The summed E-state index contributed by atoms with van der Waals surface area (Å²) in [6.07, 6.45) is 14.4. The van der Waals surface area contributed by atoms with Crippen molar-refractivity contribution < 1.29 is 4.79 Å². The molecule has 2 amide bonds. The lowest BCUT2D eigenvalue weighted by atomic mass is 9.77. The first-order valence-corrected chi connectivity index (χ1v) is 8.33. The van der Waals surface area contributed by atoms with Crippen molar-refractivity contribution in [3.8, 4) is 0 Å². The maximum atomic E-state index is 12.3. The maximum Gasteiger partial charge on any atom is 0.317 e. The summed E-state index contributed by atoms with van der Waals surface area (Å²) >= 11 is 0. The monoisotopic (exact) mass is 264 g/mol. The molecule has 0 radical (unpaired) electrons. The molecule has 2 aliphatic carbocycles. The standard InChI is InChI=1S/C16H28N2O/c19-15(17-14-6-2-1-3-7-14)18-12-10-16(11-13-18)8-4-5-9-16/h14H,1-13H2,(H,17,19). The van der Waals surface area contributed by atoms with E-state index in [0.29, 0.717) is 11.5 Å². The third-order valence-electron chi connectivity index (χ3n) is 5.71. The summed E-state index contributed by atoms with van der Waals surface area (Å²) in [5, 5.41) is 3.25. The fourth-order valence-electron chi connectivity index (χ4n) is 4.32. The van der Waals surface area contributed by atoms with Gasteiger partial charge < -0.3 is 10.2 Å². The van der Waals surface area contributed by atoms with Gasteiger partial charge in [-0.25, -0.2) is 4.79 Å². The molecule has 0 bridgehead atoms. The highest BCUT2D eigenvalue weighted by Crippen LogP contribution is 2.46. The van der Waals surface area contributed by atoms with E-state index < -0.39 is 0 Å². The zero-order valence-electron chi connectivity index (χ0n) is 12.1. The number of carbonyl (C=O) groups excluding carboxylic acids is 1. The molecule has 0 aromatic heterocycles. The number of hydrogen-bond acceptors (Lipinski definition) is 1. The SMILES string of the molecule is O=C(NC1CCCCC1)N1CCC2(CCCC2)CC1. The van der Waals surface area contributed by atoms with E-state index in [1.807, 2.05) is 0 Å². The Morgan fingerprint density at radius 1 is 0.895 bits per heavy atom. The molecular formula is C16H28N2O. The molecule has 0 aromatic carbocycles. The molecule has 1 N–H and O–H groups in total. The number of urea groups is 1. The fraction of sp³-hybridized carbons (Fsp3) is 0.938. The molecule has 3 aliphatic rings. The third-order valence-corrected chi connectivity index (χ3v) is 5.71. The lowest BCUT2D eigenvalue weighted by Crippen LogP contribution is -2.49. The Morgan fingerprint density at radius 2 is 1.53 bits per heavy atom. The van der Waals surface area contributed by atoms with Gasteiger partial charge >= 0.3 is 6.03 Å². The predicted molar refractivity (Wildman–Crippen MR) is 77.1 cm³/mol. The summed E-state index contributed by atoms with van der Waals surface area (Å²) < 4.78 is 0. The summed E-state index contributed by atoms with van der Waals surface area (Å²) in [6.45, 7) is 1.97. The van der Waals surface area contributed by atoms with Crippen LogP contribution in [0.1, 0.15) is 70.6 Å². The number of hydrogen-bond donors (Lipinski definition) is 1. The van der Waals surface area contributed by atoms with Crippen LogP contribution >= 0.6 is 0 Å². The number of nitrogens with zero attached hydrogens (tertiary/aromatic N) is 1. The van der Waals surface area contributed by atoms with Crippen molar-refractivity contribution in [3.63, 3.8) is 0 Å². The molecule has 1 saturated heterocycles. The number of carbonyl (C=O) groups is 1. The predicted octanol–water partition coefficient (Wildman–Crippen LogP) is 3.68. The number of amides is 2. The van der Waals surface area contributed by atoms with Crippen LogP contribution < -0.4 is 5.32 Å². The largest absolute Gasteiger partial charge is 0.335 e. The van der Waals surface area contributed by atoms with Crippen LogP contribution in [0.25, 0.3) is 0 Å². The maximum absolute atomic E-state index is 12.3. The summed E-state index contributed by atoms with van der Waals surface area (Å²) in [5.74, 6) is 0. The zero-order valence-corrected chi connectivity index (χ0v) is 12.1. The Morgan fingerprint density at radius 3 is 2.16 bits per heavy atom. The zero-order chi connectivity index (χ0) is 13.1. The van der Waals surface area contributed by atoms with Crippen molar-refractivity contribution in [2.75, 3.05) is 13.1 Å². The molecule has 0 atom stereocenters. The van der Waals surface area contributed by atoms with Gasteiger partial charge in [-0.2, -0.15) is 0 Å². The highest BCUT2D eigenvalue weighted by Gasteiger charge is 2.38. The van der Waals surface area contributed by atoms with E-state index in [9.17, 15) is 4.79 Å². The van der Waals surface area contributed by atoms with Crippen molar-refractivity contribution >= 4 is 6.03 Å². The van der Waals surface area contributed by atoms with Gasteiger partial charge in [0.05, 0.1) is 0 Å². The van der Waals surface area contributed by atoms with Crippen LogP contribution in [0.15, 0.2) is 0 Å². The van der Waals surface area contributed by atoms with Crippen molar-refractivity contribution in [3.05, 3.63) is 0 Å². The second-order valence-corrected chi connectivity index (χ2v) is 6.98. The second kappa shape index (κ2) is 5.72. The Hall–Kier alpha value is -0.730. The number of likely N-dealkylation sites (tertiary alicyclic amines) is 1. The molecular weight excluding hydrogens is 236 g/mol. The van der Waals surface area contributed by atoms with E-state index in [-0.39, 0.29) is 6.03 Å². The first-order valence-electron chi connectivity index (χ1n) is 8.33. The summed E-state index contributed by atoms with van der Waals surface area (Å²) in [6, 6.07) is 0.656. The van der Waals surface area contributed by atoms with Gasteiger partial charge in [0.25, 0.3) is 0 Å². The van der Waals surface area contributed by atoms with Crippen LogP contribution in [0.2, 0.25) is 0 Å². The van der Waals surface area contributed by atoms with Crippen LogP contribution in [0.3, 0.4) is 0 Å². The van der Waals surface area contributed by atoms with Gasteiger partial charge in [-0.05, 0) is 43.9 Å². The molecule has 3 heteroatoms. The number of piperidine rings is 1. The Kier molecular flexibility index (Phi) is 3.99. The van der Waals surface area contributed by atoms with Gasteiger partial charge in [-0.15, -0.1) is 0 Å². The highest BCUT2D eigenvalue weighted by molar-refractivity contribution is 5.74. The minimum absolute atomic E-state index is 0.208. The molecule has 2 saturated carbocycles. The van der Waals surface area contributed by atoms with Gasteiger partial charge in [0.15, 0.2) is 0 Å². The van der Waals surface area contributed by atoms with E-state index >= 15 is 0 Å². The smallest absolute Gasteiger partial charge is 0.317 e. The summed E-state index contributed by atoms with van der Waals surface area (Å²) in [7, 11) is 0. The molecule has 1 spiro atoms. The first kappa shape index (κ1) is 13.3. The van der Waals surface area contributed by atoms with E-state index in [4.69, 9.17) is 0 Å². The molecule has 108 valence electrons. The Bertz CT molecular complexity index is 307. The highest BCUT2D eigenvalue weighted by atomic mass is 16.2. The van der Waals surface area contributed by atoms with E-state index in [1.165, 1.54) is 70.6 Å². The van der Waals surface area contributed by atoms with Crippen LogP contribution in [0, 0.1) is 5.41 Å². The lowest BCUT2D eigenvalue weighted by molar-refractivity contribution is 0.118. The average Bonchev–Trinajstić information content (AvgIpc) is 2.89. The second-order valence-electron chi connectivity index (χ2n) is 6.98. The van der Waals surface area contributed by atoms with Crippen LogP contribution in [0.4, 0.5) is 4.79 Å². The molecule has 19 heavy (non-hydrogen) atoms. The summed E-state index contributed by atoms with van der Waals surface area (Å²) in [4.78, 5) is 14.4. The van der Waals surface area contributed by atoms with Gasteiger partial charge in [0.2, 0.25) is 0 Å². The van der Waals surface area contributed by atoms with Crippen molar-refractivity contribution in [2.24, 2.45) is 5.41 Å². The van der Waals surface area contributed by atoms with Crippen molar-refractivity contribution in [1.82, 2.24) is 10.2 Å². The van der Waals surface area contributed by atoms with Crippen LogP contribution in [0.5, 0.6) is 0 Å². The van der Waals surface area contributed by atoms with Gasteiger partial charge in [-0.3, -0.25) is 0 Å². The lowest BCUT2D eigenvalue weighted by Gasteiger charge is -2.40. The molecule has 3 fully saturated rings. The number of nitrogens with one attached hydrogen (secondary N) is 1. The van der Waals surface area contributed by atoms with E-state index in [2.05, 4.69) is 10.2 Å². The number of rotatable bonds is 1. The topological polar surface area (TPSA) is 32.3 Å². The van der Waals surface area contributed by atoms with Crippen LogP contribution in [-0.4, -0.2) is 30.1 Å². The molecule has 1 aliphatic heterocycles.